The van der Waals surface area contributed by atoms with Gasteiger partial charge in [-0.2, -0.15) is 0 Å². The first-order valence-electron chi connectivity index (χ1n) is 4.67. The highest BCUT2D eigenvalue weighted by molar-refractivity contribution is 9.10. The van der Waals surface area contributed by atoms with Crippen molar-refractivity contribution in [2.24, 2.45) is 0 Å². The van der Waals surface area contributed by atoms with Gasteiger partial charge in [0.1, 0.15) is 6.26 Å². The van der Waals surface area contributed by atoms with Crippen LogP contribution in [-0.2, 0) is 6.54 Å². The van der Waals surface area contributed by atoms with Gasteiger partial charge in [0, 0.05) is 25.0 Å². The summed E-state index contributed by atoms with van der Waals surface area (Å²) in [7, 11) is 0. The predicted octanol–water partition coefficient (Wildman–Crippen LogP) is 2.37. The summed E-state index contributed by atoms with van der Waals surface area (Å²) in [6.07, 6.45) is 4.81. The monoisotopic (exact) mass is 280 g/mol. The van der Waals surface area contributed by atoms with Gasteiger partial charge in [0.05, 0.1) is 5.56 Å². The minimum absolute atomic E-state index is 0.168. The van der Waals surface area contributed by atoms with Crippen LogP contribution < -0.4 is 5.32 Å². The van der Waals surface area contributed by atoms with Crippen LogP contribution in [0.5, 0.6) is 0 Å². The Morgan fingerprint density at radius 3 is 3.06 bits per heavy atom. The second-order valence-corrected chi connectivity index (χ2v) is 3.97. The van der Waals surface area contributed by atoms with Gasteiger partial charge in [-0.3, -0.25) is 9.78 Å². The summed E-state index contributed by atoms with van der Waals surface area (Å²) in [5, 5.41) is 2.77. The first-order valence-corrected chi connectivity index (χ1v) is 5.46. The van der Waals surface area contributed by atoms with Crippen LogP contribution in [0.2, 0.25) is 0 Å². The third-order valence-electron chi connectivity index (χ3n) is 2.01. The van der Waals surface area contributed by atoms with E-state index in [-0.39, 0.29) is 5.91 Å². The smallest absolute Gasteiger partial charge is 0.254 e. The number of hydrogen-bond acceptors (Lipinski definition) is 3. The Morgan fingerprint density at radius 2 is 2.44 bits per heavy atom. The highest BCUT2D eigenvalue weighted by Crippen LogP contribution is 2.13. The Morgan fingerprint density at radius 1 is 1.56 bits per heavy atom. The van der Waals surface area contributed by atoms with Crippen molar-refractivity contribution in [3.8, 4) is 0 Å². The fourth-order valence-corrected chi connectivity index (χ4v) is 1.56. The molecule has 0 saturated carbocycles. The molecule has 0 radical (unpaired) electrons. The van der Waals surface area contributed by atoms with Crippen molar-refractivity contribution in [1.82, 2.24) is 10.3 Å². The van der Waals surface area contributed by atoms with E-state index in [1.54, 1.807) is 18.5 Å². The molecule has 0 aliphatic rings. The molecule has 1 N–H and O–H groups in total. The van der Waals surface area contributed by atoms with E-state index in [2.05, 4.69) is 26.2 Å². The molecule has 0 aromatic carbocycles. The average Bonchev–Trinajstić information content (AvgIpc) is 2.74. The predicted molar refractivity (Wildman–Crippen MR) is 61.8 cm³/mol. The van der Waals surface area contributed by atoms with Crippen LogP contribution in [0.1, 0.15) is 15.9 Å². The van der Waals surface area contributed by atoms with Crippen molar-refractivity contribution in [3.63, 3.8) is 0 Å². The van der Waals surface area contributed by atoms with Crippen LogP contribution >= 0.6 is 15.9 Å². The second-order valence-electron chi connectivity index (χ2n) is 3.18. The molecule has 0 unspecified atom stereocenters. The number of halogens is 1. The van der Waals surface area contributed by atoms with Gasteiger partial charge >= 0.3 is 0 Å². The molecule has 2 aromatic rings. The number of aromatic nitrogens is 1. The molecular formula is C11H9BrN2O2. The maximum Gasteiger partial charge on any atom is 0.254 e. The quantitative estimate of drug-likeness (QED) is 0.939. The van der Waals surface area contributed by atoms with E-state index in [1.165, 1.54) is 6.26 Å². The Kier molecular flexibility index (Phi) is 3.36. The summed E-state index contributed by atoms with van der Waals surface area (Å²) in [6.45, 7) is 0.454. The van der Waals surface area contributed by atoms with Gasteiger partial charge in [-0.1, -0.05) is 6.07 Å². The fourth-order valence-electron chi connectivity index (χ4n) is 1.22. The Bertz CT molecular complexity index is 482. The lowest BCUT2D eigenvalue weighted by molar-refractivity contribution is 0.0950. The number of carbonyl (C=O) groups excluding carboxylic acids is 1. The van der Waals surface area contributed by atoms with Crippen molar-refractivity contribution < 1.29 is 9.21 Å². The summed E-state index contributed by atoms with van der Waals surface area (Å²) < 4.78 is 5.52. The maximum atomic E-state index is 11.6. The lowest BCUT2D eigenvalue weighted by Crippen LogP contribution is -2.22. The molecule has 4 nitrogen and oxygen atoms in total. The number of pyridine rings is 1. The molecule has 2 rings (SSSR count). The van der Waals surface area contributed by atoms with Gasteiger partial charge in [0.15, 0.2) is 4.67 Å². The van der Waals surface area contributed by atoms with Crippen LogP contribution in [-0.4, -0.2) is 10.9 Å². The molecular weight excluding hydrogens is 272 g/mol. The molecule has 0 atom stereocenters. The zero-order valence-corrected chi connectivity index (χ0v) is 9.90. The Balaban J connectivity index is 1.94. The number of nitrogens with one attached hydrogen (secondary N) is 1. The van der Waals surface area contributed by atoms with Gasteiger partial charge in [-0.05, 0) is 27.6 Å². The minimum atomic E-state index is -0.168. The Hall–Kier alpha value is -1.62. The van der Waals surface area contributed by atoms with Crippen LogP contribution in [0.3, 0.4) is 0 Å². The van der Waals surface area contributed by atoms with E-state index in [9.17, 15) is 4.79 Å². The zero-order valence-electron chi connectivity index (χ0n) is 8.31. The molecule has 82 valence electrons. The number of carbonyl (C=O) groups is 1. The highest BCUT2D eigenvalue weighted by Gasteiger charge is 2.08. The summed E-state index contributed by atoms with van der Waals surface area (Å²) in [4.78, 5) is 15.6. The van der Waals surface area contributed by atoms with Crippen molar-refractivity contribution in [2.45, 2.75) is 6.54 Å². The lowest BCUT2D eigenvalue weighted by atomic mass is 10.2. The molecule has 2 heterocycles. The van der Waals surface area contributed by atoms with Gasteiger partial charge < -0.3 is 9.73 Å². The molecule has 0 bridgehead atoms. The summed E-state index contributed by atoms with van der Waals surface area (Å²) in [6, 6.07) is 5.35. The van der Waals surface area contributed by atoms with Crippen molar-refractivity contribution in [1.29, 1.82) is 0 Å². The normalized spacial score (nSPS) is 10.1. The molecule has 1 amide bonds. The van der Waals surface area contributed by atoms with E-state index < -0.39 is 0 Å². The number of rotatable bonds is 3. The molecule has 0 aliphatic carbocycles. The molecule has 0 spiro atoms. The average molecular weight is 281 g/mol. The number of amides is 1. The standard InChI is InChI=1S/C11H9BrN2O2/c12-10-4-9(7-16-10)11(15)14-6-8-2-1-3-13-5-8/h1-5,7H,6H2,(H,14,15). The molecule has 0 aliphatic heterocycles. The summed E-state index contributed by atoms with van der Waals surface area (Å²) >= 11 is 3.14. The van der Waals surface area contributed by atoms with Gasteiger partial charge in [0.25, 0.3) is 5.91 Å². The van der Waals surface area contributed by atoms with Crippen LogP contribution in [0.15, 0.2) is 45.9 Å². The van der Waals surface area contributed by atoms with Crippen molar-refractivity contribution in [3.05, 3.63) is 52.7 Å². The molecule has 0 fully saturated rings. The van der Waals surface area contributed by atoms with E-state index in [0.29, 0.717) is 16.8 Å². The minimum Gasteiger partial charge on any atom is -0.457 e. The van der Waals surface area contributed by atoms with E-state index >= 15 is 0 Å². The van der Waals surface area contributed by atoms with Crippen LogP contribution in [0, 0.1) is 0 Å². The third kappa shape index (κ3) is 2.70. The lowest BCUT2D eigenvalue weighted by Gasteiger charge is -2.02. The number of furan rings is 1. The highest BCUT2D eigenvalue weighted by atomic mass is 79.9. The topological polar surface area (TPSA) is 55.1 Å². The molecule has 0 saturated heterocycles. The van der Waals surface area contributed by atoms with Crippen LogP contribution in [0.4, 0.5) is 0 Å². The molecule has 2 aromatic heterocycles. The molecule has 5 heteroatoms. The second kappa shape index (κ2) is 4.94. The van der Waals surface area contributed by atoms with E-state index in [0.717, 1.165) is 5.56 Å². The number of hydrogen-bond donors (Lipinski definition) is 1. The molecule has 16 heavy (non-hydrogen) atoms. The fraction of sp³-hybridized carbons (Fsp3) is 0.0909. The van der Waals surface area contributed by atoms with Crippen molar-refractivity contribution in [2.75, 3.05) is 0 Å². The first-order chi connectivity index (χ1) is 7.75. The van der Waals surface area contributed by atoms with Crippen molar-refractivity contribution >= 4 is 21.8 Å². The van der Waals surface area contributed by atoms with Crippen LogP contribution in [0.25, 0.3) is 0 Å². The zero-order chi connectivity index (χ0) is 11.4. The summed E-state index contributed by atoms with van der Waals surface area (Å²) in [5.41, 5.74) is 1.45. The Labute approximate surface area is 101 Å². The first kappa shape index (κ1) is 10.9. The van der Waals surface area contributed by atoms with E-state index in [4.69, 9.17) is 4.42 Å². The third-order valence-corrected chi connectivity index (χ3v) is 2.42. The maximum absolute atomic E-state index is 11.6. The SMILES string of the molecule is O=C(NCc1cccnc1)c1coc(Br)c1. The summed E-state index contributed by atoms with van der Waals surface area (Å²) in [5.74, 6) is -0.168. The largest absolute Gasteiger partial charge is 0.457 e. The van der Waals surface area contributed by atoms with Gasteiger partial charge in [-0.15, -0.1) is 0 Å². The van der Waals surface area contributed by atoms with Gasteiger partial charge in [-0.25, -0.2) is 0 Å². The van der Waals surface area contributed by atoms with E-state index in [1.807, 2.05) is 12.1 Å². The van der Waals surface area contributed by atoms with Gasteiger partial charge in [0.2, 0.25) is 0 Å². The number of nitrogens with zero attached hydrogens (tertiary/aromatic N) is 1.